The number of fused-ring (bicyclic) bond motifs is 1. The van der Waals surface area contributed by atoms with Gasteiger partial charge in [-0.15, -0.1) is 0 Å². The Hall–Kier alpha value is -4.19. The minimum atomic E-state index is -0.285. The van der Waals surface area contributed by atoms with Crippen molar-refractivity contribution in [1.82, 2.24) is 5.43 Å². The average Bonchev–Trinajstić information content (AvgIpc) is 2.79. The molecule has 1 aromatic heterocycles. The van der Waals surface area contributed by atoms with E-state index in [1.165, 1.54) is 12.5 Å². The van der Waals surface area contributed by atoms with Crippen molar-refractivity contribution in [3.63, 3.8) is 0 Å². The van der Waals surface area contributed by atoms with E-state index in [9.17, 15) is 9.59 Å². The molecule has 0 atom stereocenters. The molecule has 4 aromatic rings. The largest absolute Gasteiger partial charge is 0.489 e. The Morgan fingerprint density at radius 3 is 2.71 bits per heavy atom. The van der Waals surface area contributed by atoms with E-state index in [0.29, 0.717) is 27.8 Å². The van der Waals surface area contributed by atoms with Gasteiger partial charge in [-0.1, -0.05) is 42.0 Å². The highest BCUT2D eigenvalue weighted by molar-refractivity contribution is 5.94. The van der Waals surface area contributed by atoms with E-state index < -0.39 is 0 Å². The Labute approximate surface area is 178 Å². The summed E-state index contributed by atoms with van der Waals surface area (Å²) in [7, 11) is 0. The molecule has 1 amide bonds. The van der Waals surface area contributed by atoms with E-state index >= 15 is 0 Å². The quantitative estimate of drug-likeness (QED) is 0.375. The van der Waals surface area contributed by atoms with Gasteiger partial charge in [-0.3, -0.25) is 9.59 Å². The predicted octanol–water partition coefficient (Wildman–Crippen LogP) is 4.44. The van der Waals surface area contributed by atoms with Gasteiger partial charge in [-0.2, -0.15) is 5.10 Å². The zero-order valence-electron chi connectivity index (χ0n) is 16.9. The summed E-state index contributed by atoms with van der Waals surface area (Å²) in [5.41, 5.74) is 5.73. The molecule has 6 heteroatoms. The van der Waals surface area contributed by atoms with Crippen molar-refractivity contribution in [2.24, 2.45) is 5.10 Å². The van der Waals surface area contributed by atoms with Crippen LogP contribution in [-0.4, -0.2) is 12.1 Å². The van der Waals surface area contributed by atoms with Crippen LogP contribution >= 0.6 is 0 Å². The normalized spacial score (nSPS) is 11.0. The van der Waals surface area contributed by atoms with Crippen LogP contribution < -0.4 is 15.6 Å². The Kier molecular flexibility index (Phi) is 5.89. The number of ether oxygens (including phenoxy) is 1. The zero-order valence-corrected chi connectivity index (χ0v) is 16.9. The maximum atomic E-state index is 12.6. The van der Waals surface area contributed by atoms with Crippen LogP contribution in [0.1, 0.15) is 27.0 Å². The molecule has 0 fully saturated rings. The average molecular weight is 412 g/mol. The lowest BCUT2D eigenvalue weighted by molar-refractivity contribution is 0.0955. The first-order valence-corrected chi connectivity index (χ1v) is 9.72. The Morgan fingerprint density at radius 1 is 1.06 bits per heavy atom. The van der Waals surface area contributed by atoms with Gasteiger partial charge < -0.3 is 9.15 Å². The summed E-state index contributed by atoms with van der Waals surface area (Å²) in [5.74, 6) is 0.285. The highest BCUT2D eigenvalue weighted by Gasteiger charge is 2.07. The summed E-state index contributed by atoms with van der Waals surface area (Å²) >= 11 is 0. The van der Waals surface area contributed by atoms with Gasteiger partial charge in [-0.05, 0) is 48.9 Å². The maximum absolute atomic E-state index is 12.6. The van der Waals surface area contributed by atoms with Gasteiger partial charge in [0, 0.05) is 5.56 Å². The number of nitrogens with one attached hydrogen (secondary N) is 1. The summed E-state index contributed by atoms with van der Waals surface area (Å²) in [5, 5.41) is 4.52. The first-order chi connectivity index (χ1) is 15.1. The molecule has 0 bridgehead atoms. The highest BCUT2D eigenvalue weighted by Crippen LogP contribution is 2.15. The van der Waals surface area contributed by atoms with Gasteiger partial charge in [0.25, 0.3) is 5.91 Å². The number of hydrogen-bond donors (Lipinski definition) is 1. The second-order valence-corrected chi connectivity index (χ2v) is 7.01. The van der Waals surface area contributed by atoms with E-state index in [0.717, 1.165) is 11.1 Å². The van der Waals surface area contributed by atoms with E-state index in [1.54, 1.807) is 48.5 Å². The van der Waals surface area contributed by atoms with Crippen molar-refractivity contribution < 1.29 is 13.9 Å². The Balaban J connectivity index is 1.40. The van der Waals surface area contributed by atoms with Crippen molar-refractivity contribution in [3.8, 4) is 5.75 Å². The van der Waals surface area contributed by atoms with Crippen molar-refractivity contribution in [2.45, 2.75) is 13.5 Å². The minimum Gasteiger partial charge on any atom is -0.489 e. The van der Waals surface area contributed by atoms with Crippen LogP contribution in [0, 0.1) is 6.92 Å². The van der Waals surface area contributed by atoms with E-state index in [4.69, 9.17) is 9.15 Å². The topological polar surface area (TPSA) is 80.9 Å². The number of carbonyl (C=O) groups excluding carboxylic acids is 1. The van der Waals surface area contributed by atoms with Gasteiger partial charge >= 0.3 is 0 Å². The Morgan fingerprint density at radius 2 is 1.87 bits per heavy atom. The first-order valence-electron chi connectivity index (χ1n) is 9.72. The number of para-hydroxylation sites is 1. The third-order valence-corrected chi connectivity index (χ3v) is 4.70. The van der Waals surface area contributed by atoms with Gasteiger partial charge in [-0.25, -0.2) is 5.43 Å². The van der Waals surface area contributed by atoms with Crippen LogP contribution in [0.5, 0.6) is 5.75 Å². The third kappa shape index (κ3) is 4.87. The maximum Gasteiger partial charge on any atom is 0.271 e. The second-order valence-electron chi connectivity index (χ2n) is 7.01. The van der Waals surface area contributed by atoms with Crippen molar-refractivity contribution >= 4 is 23.1 Å². The lowest BCUT2D eigenvalue weighted by Gasteiger charge is -2.07. The number of hydrazone groups is 1. The lowest BCUT2D eigenvalue weighted by Crippen LogP contribution is -2.17. The molecule has 31 heavy (non-hydrogen) atoms. The molecule has 0 aliphatic carbocycles. The summed E-state index contributed by atoms with van der Waals surface area (Å²) in [6.45, 7) is 2.04. The Bertz CT molecular complexity index is 1310. The molecule has 0 spiro atoms. The monoisotopic (exact) mass is 412 g/mol. The predicted molar refractivity (Wildman–Crippen MR) is 119 cm³/mol. The first kappa shape index (κ1) is 20.1. The zero-order chi connectivity index (χ0) is 21.6. The van der Waals surface area contributed by atoms with Crippen LogP contribution in [0.25, 0.3) is 11.0 Å². The minimum absolute atomic E-state index is 0.0813. The standard InChI is InChI=1S/C25H20N2O4/c1-17-9-11-19(12-10-17)25(29)27-26-14-18-5-4-6-21(13-18)30-15-20-16-31-23-8-3-2-7-22(23)24(20)28/h2-14,16H,15H2,1H3,(H,27,29)/b26-14+. The van der Waals surface area contributed by atoms with Crippen LogP contribution in [0.4, 0.5) is 0 Å². The summed E-state index contributed by atoms with van der Waals surface area (Å²) in [6, 6.07) is 21.5. The lowest BCUT2D eigenvalue weighted by atomic mass is 10.1. The molecule has 0 unspecified atom stereocenters. The molecule has 154 valence electrons. The van der Waals surface area contributed by atoms with E-state index in [2.05, 4.69) is 10.5 Å². The number of rotatable bonds is 6. The van der Waals surface area contributed by atoms with Gasteiger partial charge in [0.2, 0.25) is 0 Å². The summed E-state index contributed by atoms with van der Waals surface area (Å²) < 4.78 is 11.3. The fraction of sp³-hybridized carbons (Fsp3) is 0.0800. The molecule has 0 radical (unpaired) electrons. The molecule has 0 aliphatic heterocycles. The summed E-state index contributed by atoms with van der Waals surface area (Å²) in [4.78, 5) is 24.7. The van der Waals surface area contributed by atoms with Gasteiger partial charge in [0.1, 0.15) is 24.2 Å². The van der Waals surface area contributed by atoms with Crippen LogP contribution in [0.3, 0.4) is 0 Å². The smallest absolute Gasteiger partial charge is 0.271 e. The van der Waals surface area contributed by atoms with Crippen LogP contribution in [0.15, 0.2) is 93.4 Å². The SMILES string of the molecule is Cc1ccc(C(=O)N/N=C/c2cccc(OCc3coc4ccccc4c3=O)c2)cc1. The van der Waals surface area contributed by atoms with E-state index in [-0.39, 0.29) is 17.9 Å². The second kappa shape index (κ2) is 9.09. The third-order valence-electron chi connectivity index (χ3n) is 4.70. The van der Waals surface area contributed by atoms with Crippen LogP contribution in [0.2, 0.25) is 0 Å². The van der Waals surface area contributed by atoms with Crippen molar-refractivity contribution in [1.29, 1.82) is 0 Å². The molecule has 4 rings (SSSR count). The molecule has 0 saturated heterocycles. The van der Waals surface area contributed by atoms with Gasteiger partial charge in [0.05, 0.1) is 17.2 Å². The van der Waals surface area contributed by atoms with Crippen molar-refractivity contribution in [2.75, 3.05) is 0 Å². The number of benzene rings is 3. The summed E-state index contributed by atoms with van der Waals surface area (Å²) in [6.07, 6.45) is 2.96. The number of hydrogen-bond acceptors (Lipinski definition) is 5. The molecule has 1 N–H and O–H groups in total. The van der Waals surface area contributed by atoms with E-state index in [1.807, 2.05) is 31.2 Å². The molecule has 0 saturated carbocycles. The van der Waals surface area contributed by atoms with Crippen LogP contribution in [-0.2, 0) is 6.61 Å². The molecular weight excluding hydrogens is 392 g/mol. The molecule has 1 heterocycles. The van der Waals surface area contributed by atoms with Crippen molar-refractivity contribution in [3.05, 3.63) is 112 Å². The number of aryl methyl sites for hydroxylation is 1. The number of nitrogens with zero attached hydrogens (tertiary/aromatic N) is 1. The fourth-order valence-corrected chi connectivity index (χ4v) is 3.00. The molecular formula is C25H20N2O4. The molecule has 6 nitrogen and oxygen atoms in total. The molecule has 0 aliphatic rings. The fourth-order valence-electron chi connectivity index (χ4n) is 3.00. The molecule has 3 aromatic carbocycles. The highest BCUT2D eigenvalue weighted by atomic mass is 16.5. The van der Waals surface area contributed by atoms with Gasteiger partial charge in [0.15, 0.2) is 5.43 Å². The number of carbonyl (C=O) groups is 1. The number of amides is 1.